The van der Waals surface area contributed by atoms with Gasteiger partial charge in [-0.15, -0.1) is 24.0 Å². The van der Waals surface area contributed by atoms with Crippen molar-refractivity contribution in [1.29, 1.82) is 0 Å². The van der Waals surface area contributed by atoms with Gasteiger partial charge in [0.25, 0.3) is 0 Å². The van der Waals surface area contributed by atoms with Crippen LogP contribution in [0.5, 0.6) is 0 Å². The third-order valence-electron chi connectivity index (χ3n) is 4.39. The topological polar surface area (TPSA) is 30.9 Å². The molecular formula is C17H26F3IN4. The number of alkyl halides is 3. The van der Waals surface area contributed by atoms with Crippen LogP contribution in [0.15, 0.2) is 35.3 Å². The van der Waals surface area contributed by atoms with Gasteiger partial charge in [-0.05, 0) is 18.9 Å². The molecule has 1 aliphatic heterocycles. The summed E-state index contributed by atoms with van der Waals surface area (Å²) >= 11 is 0. The van der Waals surface area contributed by atoms with Gasteiger partial charge in [-0.3, -0.25) is 9.89 Å². The highest BCUT2D eigenvalue weighted by molar-refractivity contribution is 14.0. The summed E-state index contributed by atoms with van der Waals surface area (Å²) in [4.78, 5) is 7.75. The first-order chi connectivity index (χ1) is 11.4. The standard InChI is InChI=1S/C17H25F3N4.HI/c1-14(17(18,19)20)23-10-12-24(13-11-23)16(21-2)22-9-8-15-6-4-3-5-7-15;/h3-7,14H,8-13H2,1-2H3,(H,21,22);1H. The van der Waals surface area contributed by atoms with Gasteiger partial charge in [0.05, 0.1) is 0 Å². The minimum Gasteiger partial charge on any atom is -0.356 e. The van der Waals surface area contributed by atoms with E-state index in [4.69, 9.17) is 0 Å². The molecule has 0 radical (unpaired) electrons. The van der Waals surface area contributed by atoms with Crippen molar-refractivity contribution in [2.45, 2.75) is 25.6 Å². The van der Waals surface area contributed by atoms with E-state index in [1.807, 2.05) is 23.1 Å². The highest BCUT2D eigenvalue weighted by atomic mass is 127. The number of hydrogen-bond acceptors (Lipinski definition) is 2. The lowest BCUT2D eigenvalue weighted by Crippen LogP contribution is -2.56. The average molecular weight is 470 g/mol. The third-order valence-corrected chi connectivity index (χ3v) is 4.39. The van der Waals surface area contributed by atoms with Crippen LogP contribution in [0, 0.1) is 0 Å². The van der Waals surface area contributed by atoms with E-state index in [0.717, 1.165) is 18.9 Å². The lowest BCUT2D eigenvalue weighted by Gasteiger charge is -2.39. The van der Waals surface area contributed by atoms with Crippen LogP contribution >= 0.6 is 24.0 Å². The molecule has 1 aliphatic rings. The number of piperazine rings is 1. The summed E-state index contributed by atoms with van der Waals surface area (Å²) < 4.78 is 38.4. The number of hydrogen-bond donors (Lipinski definition) is 1. The highest BCUT2D eigenvalue weighted by Crippen LogP contribution is 2.25. The molecule has 142 valence electrons. The SMILES string of the molecule is CN=C(NCCc1ccccc1)N1CCN(C(C)C(F)(F)F)CC1.I. The van der Waals surface area contributed by atoms with Crippen molar-refractivity contribution >= 4 is 29.9 Å². The molecule has 0 bridgehead atoms. The predicted octanol–water partition coefficient (Wildman–Crippen LogP) is 2.99. The minimum absolute atomic E-state index is 0. The van der Waals surface area contributed by atoms with E-state index < -0.39 is 12.2 Å². The van der Waals surface area contributed by atoms with E-state index in [1.165, 1.54) is 17.4 Å². The zero-order chi connectivity index (χ0) is 17.6. The molecule has 4 nitrogen and oxygen atoms in total. The quantitative estimate of drug-likeness (QED) is 0.417. The van der Waals surface area contributed by atoms with Crippen LogP contribution in [-0.2, 0) is 6.42 Å². The van der Waals surface area contributed by atoms with Crippen molar-refractivity contribution in [3.05, 3.63) is 35.9 Å². The molecule has 25 heavy (non-hydrogen) atoms. The first kappa shape index (κ1) is 22.0. The normalized spacial score (nSPS) is 17.8. The van der Waals surface area contributed by atoms with Crippen LogP contribution in [0.2, 0.25) is 0 Å². The highest BCUT2D eigenvalue weighted by Gasteiger charge is 2.41. The van der Waals surface area contributed by atoms with Crippen LogP contribution in [0.4, 0.5) is 13.2 Å². The molecule has 1 atom stereocenters. The van der Waals surface area contributed by atoms with Gasteiger partial charge in [0.15, 0.2) is 5.96 Å². The largest absolute Gasteiger partial charge is 0.403 e. The fraction of sp³-hybridized carbons (Fsp3) is 0.588. The Morgan fingerprint density at radius 3 is 2.28 bits per heavy atom. The number of nitrogens with zero attached hydrogens (tertiary/aromatic N) is 3. The van der Waals surface area contributed by atoms with Crippen molar-refractivity contribution in [2.75, 3.05) is 39.8 Å². The molecule has 0 aliphatic carbocycles. The smallest absolute Gasteiger partial charge is 0.356 e. The van der Waals surface area contributed by atoms with E-state index in [-0.39, 0.29) is 24.0 Å². The predicted molar refractivity (Wildman–Crippen MR) is 106 cm³/mol. The molecule has 1 aromatic rings. The van der Waals surface area contributed by atoms with Crippen LogP contribution < -0.4 is 5.32 Å². The fourth-order valence-electron chi connectivity index (χ4n) is 2.82. The van der Waals surface area contributed by atoms with Crippen molar-refractivity contribution in [3.63, 3.8) is 0 Å². The number of aliphatic imine (C=N–C) groups is 1. The van der Waals surface area contributed by atoms with Gasteiger partial charge in [0, 0.05) is 39.8 Å². The van der Waals surface area contributed by atoms with Gasteiger partial charge in [0.1, 0.15) is 6.04 Å². The van der Waals surface area contributed by atoms with Crippen molar-refractivity contribution in [2.24, 2.45) is 4.99 Å². The number of halogens is 4. The van der Waals surface area contributed by atoms with Crippen molar-refractivity contribution < 1.29 is 13.2 Å². The molecule has 0 aromatic heterocycles. The Balaban J connectivity index is 0.00000312. The fourth-order valence-corrected chi connectivity index (χ4v) is 2.82. The summed E-state index contributed by atoms with van der Waals surface area (Å²) in [7, 11) is 1.70. The number of rotatable bonds is 4. The number of benzene rings is 1. The van der Waals surface area contributed by atoms with Crippen LogP contribution in [0.25, 0.3) is 0 Å². The lowest BCUT2D eigenvalue weighted by molar-refractivity contribution is -0.181. The molecule has 0 spiro atoms. The molecule has 0 amide bonds. The van der Waals surface area contributed by atoms with Gasteiger partial charge in [-0.1, -0.05) is 30.3 Å². The third kappa shape index (κ3) is 6.65. The van der Waals surface area contributed by atoms with E-state index in [9.17, 15) is 13.2 Å². The second-order valence-electron chi connectivity index (χ2n) is 5.95. The summed E-state index contributed by atoms with van der Waals surface area (Å²) in [6.07, 6.45) is -3.29. The summed E-state index contributed by atoms with van der Waals surface area (Å²) in [5, 5.41) is 3.30. The summed E-state index contributed by atoms with van der Waals surface area (Å²) in [6, 6.07) is 8.74. The molecule has 8 heteroatoms. The second-order valence-corrected chi connectivity index (χ2v) is 5.95. The van der Waals surface area contributed by atoms with Gasteiger partial charge in [-0.2, -0.15) is 13.2 Å². The van der Waals surface area contributed by atoms with Crippen LogP contribution in [-0.4, -0.2) is 67.7 Å². The maximum atomic E-state index is 12.8. The van der Waals surface area contributed by atoms with E-state index in [1.54, 1.807) is 7.05 Å². The van der Waals surface area contributed by atoms with E-state index >= 15 is 0 Å². The molecule has 1 unspecified atom stereocenters. The summed E-state index contributed by atoms with van der Waals surface area (Å²) in [6.45, 7) is 3.84. The lowest BCUT2D eigenvalue weighted by atomic mass is 10.1. The molecule has 2 rings (SSSR count). The van der Waals surface area contributed by atoms with Gasteiger partial charge in [0.2, 0.25) is 0 Å². The summed E-state index contributed by atoms with van der Waals surface area (Å²) in [5.74, 6) is 0.755. The Morgan fingerprint density at radius 2 is 1.76 bits per heavy atom. The molecule has 1 N–H and O–H groups in total. The Morgan fingerprint density at radius 1 is 1.16 bits per heavy atom. The van der Waals surface area contributed by atoms with Crippen LogP contribution in [0.1, 0.15) is 12.5 Å². The summed E-state index contributed by atoms with van der Waals surface area (Å²) in [5.41, 5.74) is 1.24. The second kappa shape index (κ2) is 10.2. The molecule has 1 saturated heterocycles. The molecule has 1 aromatic carbocycles. The zero-order valence-electron chi connectivity index (χ0n) is 14.6. The molecule has 1 fully saturated rings. The minimum atomic E-state index is -4.17. The van der Waals surface area contributed by atoms with Crippen molar-refractivity contribution in [1.82, 2.24) is 15.1 Å². The van der Waals surface area contributed by atoms with Gasteiger partial charge < -0.3 is 10.2 Å². The average Bonchev–Trinajstić information content (AvgIpc) is 2.58. The zero-order valence-corrected chi connectivity index (χ0v) is 16.9. The molecular weight excluding hydrogens is 444 g/mol. The van der Waals surface area contributed by atoms with Gasteiger partial charge >= 0.3 is 6.18 Å². The van der Waals surface area contributed by atoms with Gasteiger partial charge in [-0.25, -0.2) is 0 Å². The Kier molecular flexibility index (Phi) is 8.98. The first-order valence-corrected chi connectivity index (χ1v) is 8.22. The Labute approximate surface area is 164 Å². The monoisotopic (exact) mass is 470 g/mol. The van der Waals surface area contributed by atoms with Crippen molar-refractivity contribution in [3.8, 4) is 0 Å². The molecule has 0 saturated carbocycles. The molecule has 1 heterocycles. The number of nitrogens with one attached hydrogen (secondary N) is 1. The Bertz CT molecular complexity index is 528. The Hall–Kier alpha value is -1.03. The van der Waals surface area contributed by atoms with E-state index in [2.05, 4.69) is 22.4 Å². The van der Waals surface area contributed by atoms with E-state index in [0.29, 0.717) is 26.2 Å². The maximum absolute atomic E-state index is 12.8. The maximum Gasteiger partial charge on any atom is 0.403 e. The number of guanidine groups is 1. The first-order valence-electron chi connectivity index (χ1n) is 8.22. The van der Waals surface area contributed by atoms with Crippen LogP contribution in [0.3, 0.4) is 0 Å².